The predicted molar refractivity (Wildman–Crippen MR) is 78.2 cm³/mol. The molecule has 2 N–H and O–H groups in total. The number of halogens is 1. The van der Waals surface area contributed by atoms with Crippen LogP contribution >= 0.6 is 0 Å². The Morgan fingerprint density at radius 3 is 2.55 bits per heavy atom. The molecule has 0 unspecified atom stereocenters. The highest BCUT2D eigenvalue weighted by atomic mass is 19.1. The Hall–Kier alpha value is -2.13. The van der Waals surface area contributed by atoms with Crippen molar-refractivity contribution >= 4 is 10.9 Å². The molecule has 2 aromatic carbocycles. The van der Waals surface area contributed by atoms with Crippen molar-refractivity contribution in [2.45, 2.75) is 12.3 Å². The highest BCUT2D eigenvalue weighted by Gasteiger charge is 2.17. The number of aromatic amines is 1. The number of hydrogen-bond acceptors (Lipinski definition) is 1. The first-order chi connectivity index (χ1) is 9.79. The first-order valence-electron chi connectivity index (χ1n) is 6.72. The Bertz CT molecular complexity index is 702. The molecule has 0 saturated carbocycles. The average Bonchev–Trinajstić information content (AvgIpc) is 2.90. The molecular formula is C17H16FNO. The van der Waals surface area contributed by atoms with Crippen LogP contribution in [0.5, 0.6) is 0 Å². The molecule has 1 heterocycles. The van der Waals surface area contributed by atoms with Crippen molar-refractivity contribution in [1.29, 1.82) is 0 Å². The first kappa shape index (κ1) is 12.9. The van der Waals surface area contributed by atoms with E-state index in [0.717, 1.165) is 22.0 Å². The van der Waals surface area contributed by atoms with Crippen LogP contribution in [0.15, 0.2) is 54.7 Å². The van der Waals surface area contributed by atoms with Crippen LogP contribution in [0.2, 0.25) is 0 Å². The molecule has 0 aliphatic rings. The lowest BCUT2D eigenvalue weighted by Crippen LogP contribution is -2.03. The molecule has 0 aliphatic heterocycles. The molecule has 0 saturated heterocycles. The molecule has 0 aliphatic carbocycles. The van der Waals surface area contributed by atoms with E-state index in [-0.39, 0.29) is 18.3 Å². The second-order valence-corrected chi connectivity index (χ2v) is 4.91. The zero-order valence-corrected chi connectivity index (χ0v) is 11.0. The lowest BCUT2D eigenvalue weighted by molar-refractivity contribution is 0.282. The smallest absolute Gasteiger partial charge is 0.123 e. The van der Waals surface area contributed by atoms with E-state index in [4.69, 9.17) is 0 Å². The van der Waals surface area contributed by atoms with E-state index in [1.807, 2.05) is 24.4 Å². The third-order valence-corrected chi connectivity index (χ3v) is 3.69. The molecule has 0 fully saturated rings. The van der Waals surface area contributed by atoms with Gasteiger partial charge < -0.3 is 10.1 Å². The largest absolute Gasteiger partial charge is 0.396 e. The van der Waals surface area contributed by atoms with Gasteiger partial charge in [-0.15, -0.1) is 0 Å². The van der Waals surface area contributed by atoms with E-state index in [2.05, 4.69) is 11.1 Å². The van der Waals surface area contributed by atoms with Gasteiger partial charge in [-0.25, -0.2) is 4.39 Å². The number of aliphatic hydroxyl groups excluding tert-OH is 1. The lowest BCUT2D eigenvalue weighted by atomic mass is 9.88. The topological polar surface area (TPSA) is 36.0 Å². The van der Waals surface area contributed by atoms with Crippen molar-refractivity contribution in [2.75, 3.05) is 6.61 Å². The molecule has 3 aromatic rings. The number of rotatable bonds is 4. The third kappa shape index (κ3) is 2.32. The van der Waals surface area contributed by atoms with Gasteiger partial charge in [0.2, 0.25) is 0 Å². The van der Waals surface area contributed by atoms with E-state index in [1.54, 1.807) is 12.1 Å². The molecule has 1 atom stereocenters. The summed E-state index contributed by atoms with van der Waals surface area (Å²) in [5.74, 6) is -0.174. The van der Waals surface area contributed by atoms with E-state index in [0.29, 0.717) is 6.42 Å². The molecule has 3 rings (SSSR count). The third-order valence-electron chi connectivity index (χ3n) is 3.69. The number of para-hydroxylation sites is 1. The SMILES string of the molecule is OCC[C@@H](c1ccc(F)cc1)c1c[nH]c2ccccc12. The Morgan fingerprint density at radius 1 is 1.05 bits per heavy atom. The molecule has 3 heteroatoms. The molecule has 0 amide bonds. The highest BCUT2D eigenvalue weighted by molar-refractivity contribution is 5.84. The predicted octanol–water partition coefficient (Wildman–Crippen LogP) is 3.82. The summed E-state index contributed by atoms with van der Waals surface area (Å²) in [6, 6.07) is 14.6. The van der Waals surface area contributed by atoms with E-state index in [9.17, 15) is 9.50 Å². The van der Waals surface area contributed by atoms with Crippen molar-refractivity contribution in [3.05, 3.63) is 71.7 Å². The molecular weight excluding hydrogens is 253 g/mol. The Labute approximate surface area is 116 Å². The molecule has 20 heavy (non-hydrogen) atoms. The average molecular weight is 269 g/mol. The van der Waals surface area contributed by atoms with Gasteiger partial charge in [0.25, 0.3) is 0 Å². The summed E-state index contributed by atoms with van der Waals surface area (Å²) < 4.78 is 13.1. The minimum atomic E-state index is -0.240. The monoisotopic (exact) mass is 269 g/mol. The van der Waals surface area contributed by atoms with Gasteiger partial charge in [-0.2, -0.15) is 0 Å². The zero-order chi connectivity index (χ0) is 13.9. The number of nitrogens with one attached hydrogen (secondary N) is 1. The van der Waals surface area contributed by atoms with Crippen LogP contribution in [0.1, 0.15) is 23.5 Å². The Kier molecular flexibility index (Phi) is 3.52. The fourth-order valence-corrected chi connectivity index (χ4v) is 2.71. The van der Waals surface area contributed by atoms with E-state index >= 15 is 0 Å². The normalized spacial score (nSPS) is 12.7. The standard InChI is InChI=1S/C17H16FNO/c18-13-7-5-12(6-8-13)14(9-10-20)16-11-19-17-4-2-1-3-15(16)17/h1-8,11,14,19-20H,9-10H2/t14-/m0/s1. The summed E-state index contributed by atoms with van der Waals surface area (Å²) in [4.78, 5) is 3.25. The Balaban J connectivity index is 2.08. The molecule has 1 aromatic heterocycles. The number of hydrogen-bond donors (Lipinski definition) is 2. The van der Waals surface area contributed by atoms with Crippen LogP contribution in [-0.2, 0) is 0 Å². The second-order valence-electron chi connectivity index (χ2n) is 4.91. The summed E-state index contributed by atoms with van der Waals surface area (Å²) in [7, 11) is 0. The molecule has 0 bridgehead atoms. The van der Waals surface area contributed by atoms with Crippen LogP contribution in [-0.4, -0.2) is 16.7 Å². The molecule has 0 spiro atoms. The fourth-order valence-electron chi connectivity index (χ4n) is 2.71. The highest BCUT2D eigenvalue weighted by Crippen LogP contribution is 2.33. The van der Waals surface area contributed by atoms with Gasteiger partial charge in [-0.3, -0.25) is 0 Å². The summed E-state index contributed by atoms with van der Waals surface area (Å²) >= 11 is 0. The van der Waals surface area contributed by atoms with Gasteiger partial charge in [-0.05, 0) is 35.7 Å². The number of fused-ring (bicyclic) bond motifs is 1. The zero-order valence-electron chi connectivity index (χ0n) is 11.0. The maximum atomic E-state index is 13.1. The van der Waals surface area contributed by atoms with Gasteiger partial charge >= 0.3 is 0 Å². The van der Waals surface area contributed by atoms with Crippen molar-refractivity contribution < 1.29 is 9.50 Å². The number of aliphatic hydroxyl groups is 1. The van der Waals surface area contributed by atoms with Crippen LogP contribution in [0.3, 0.4) is 0 Å². The van der Waals surface area contributed by atoms with Crippen LogP contribution in [0, 0.1) is 5.82 Å². The van der Waals surface area contributed by atoms with Gasteiger partial charge in [0, 0.05) is 29.6 Å². The number of benzene rings is 2. The van der Waals surface area contributed by atoms with Crippen LogP contribution < -0.4 is 0 Å². The minimum Gasteiger partial charge on any atom is -0.396 e. The van der Waals surface area contributed by atoms with Crippen LogP contribution in [0.4, 0.5) is 4.39 Å². The number of aromatic nitrogens is 1. The van der Waals surface area contributed by atoms with E-state index in [1.165, 1.54) is 12.1 Å². The Morgan fingerprint density at radius 2 is 1.80 bits per heavy atom. The second kappa shape index (κ2) is 5.47. The van der Waals surface area contributed by atoms with Gasteiger partial charge in [0.1, 0.15) is 5.82 Å². The quantitative estimate of drug-likeness (QED) is 0.742. The summed E-state index contributed by atoms with van der Waals surface area (Å²) in [6.07, 6.45) is 2.60. The first-order valence-corrected chi connectivity index (χ1v) is 6.72. The minimum absolute atomic E-state index is 0.0664. The number of H-pyrrole nitrogens is 1. The summed E-state index contributed by atoms with van der Waals surface area (Å²) in [5.41, 5.74) is 3.24. The lowest BCUT2D eigenvalue weighted by Gasteiger charge is -2.16. The van der Waals surface area contributed by atoms with Gasteiger partial charge in [0.05, 0.1) is 0 Å². The van der Waals surface area contributed by atoms with Crippen molar-refractivity contribution in [3.63, 3.8) is 0 Å². The van der Waals surface area contributed by atoms with Gasteiger partial charge in [0.15, 0.2) is 0 Å². The molecule has 2 nitrogen and oxygen atoms in total. The van der Waals surface area contributed by atoms with E-state index < -0.39 is 0 Å². The van der Waals surface area contributed by atoms with Crippen molar-refractivity contribution in [1.82, 2.24) is 4.98 Å². The summed E-state index contributed by atoms with van der Waals surface area (Å²) in [5, 5.41) is 10.5. The molecule has 0 radical (unpaired) electrons. The fraction of sp³-hybridized carbons (Fsp3) is 0.176. The van der Waals surface area contributed by atoms with Gasteiger partial charge in [-0.1, -0.05) is 30.3 Å². The maximum absolute atomic E-state index is 13.1. The van der Waals surface area contributed by atoms with Crippen molar-refractivity contribution in [3.8, 4) is 0 Å². The maximum Gasteiger partial charge on any atom is 0.123 e. The van der Waals surface area contributed by atoms with Crippen molar-refractivity contribution in [2.24, 2.45) is 0 Å². The summed E-state index contributed by atoms with van der Waals surface area (Å²) in [6.45, 7) is 0.0988. The van der Waals surface area contributed by atoms with Crippen LogP contribution in [0.25, 0.3) is 10.9 Å². The molecule has 102 valence electrons.